The van der Waals surface area contributed by atoms with Gasteiger partial charge in [-0.15, -0.1) is 0 Å². The number of aromatic nitrogens is 3. The summed E-state index contributed by atoms with van der Waals surface area (Å²) in [6.45, 7) is 4.14. The van der Waals surface area contributed by atoms with Crippen molar-refractivity contribution in [2.45, 2.75) is 77.3 Å². The number of benzene rings is 1. The van der Waals surface area contributed by atoms with Gasteiger partial charge in [0, 0.05) is 35.3 Å². The first kappa shape index (κ1) is 26.1. The van der Waals surface area contributed by atoms with Crippen LogP contribution in [0, 0.1) is 12.8 Å². The zero-order valence-electron chi connectivity index (χ0n) is 21.7. The molecule has 202 valence electrons. The van der Waals surface area contributed by atoms with Gasteiger partial charge in [0.2, 0.25) is 5.91 Å². The molecule has 0 unspecified atom stereocenters. The van der Waals surface area contributed by atoms with Crippen LogP contribution in [0.5, 0.6) is 5.75 Å². The van der Waals surface area contributed by atoms with Crippen molar-refractivity contribution < 1.29 is 23.1 Å². The highest BCUT2D eigenvalue weighted by Crippen LogP contribution is 2.38. The summed E-state index contributed by atoms with van der Waals surface area (Å²) < 4.78 is 33.2. The smallest absolute Gasteiger partial charge is 0.263 e. The number of carbonyl (C=O) groups excluding carboxylic acids is 2. The van der Waals surface area contributed by atoms with Crippen molar-refractivity contribution in [1.82, 2.24) is 25.6 Å². The summed E-state index contributed by atoms with van der Waals surface area (Å²) in [4.78, 5) is 37.1. The van der Waals surface area contributed by atoms with Gasteiger partial charge in [-0.25, -0.2) is 18.7 Å². The minimum absolute atomic E-state index is 0.00640. The van der Waals surface area contributed by atoms with Gasteiger partial charge in [-0.1, -0.05) is 6.92 Å². The van der Waals surface area contributed by atoms with Crippen LogP contribution in [0.25, 0.3) is 22.3 Å². The Hall–Kier alpha value is -3.56. The number of aromatic amines is 1. The standard InChI is InChI=1S/C28H33F2N5O3/c1-3-22(36)34-18-7-9-19(10-8-18)35-28(37)23-15(2)33-26-24(31-14-32-25(23)26)20-12-17(27(29)30)6-11-21(20)38-13-16-4-5-16/h6,11-12,14,16,18-19,27,33H,3-5,7-10,13H2,1-2H3,(H,34,36)(H,35,37)/t18-,19+. The van der Waals surface area contributed by atoms with Crippen molar-refractivity contribution >= 4 is 22.8 Å². The van der Waals surface area contributed by atoms with Gasteiger partial charge in [-0.3, -0.25) is 9.59 Å². The molecular weight excluding hydrogens is 492 g/mol. The second-order valence-electron chi connectivity index (χ2n) is 10.3. The molecule has 0 bridgehead atoms. The average molecular weight is 526 g/mol. The number of amides is 2. The van der Waals surface area contributed by atoms with Gasteiger partial charge < -0.3 is 20.4 Å². The lowest BCUT2D eigenvalue weighted by molar-refractivity contribution is -0.121. The van der Waals surface area contributed by atoms with E-state index in [4.69, 9.17) is 4.74 Å². The molecular formula is C28H33F2N5O3. The summed E-state index contributed by atoms with van der Waals surface area (Å²) >= 11 is 0. The van der Waals surface area contributed by atoms with Crippen LogP contribution < -0.4 is 15.4 Å². The van der Waals surface area contributed by atoms with Crippen molar-refractivity contribution in [2.75, 3.05) is 6.61 Å². The van der Waals surface area contributed by atoms with E-state index in [0.717, 1.165) is 38.5 Å². The fourth-order valence-corrected chi connectivity index (χ4v) is 5.06. The third kappa shape index (κ3) is 5.63. The summed E-state index contributed by atoms with van der Waals surface area (Å²) in [6.07, 6.45) is 4.52. The Bertz CT molecular complexity index is 1330. The van der Waals surface area contributed by atoms with Crippen molar-refractivity contribution in [1.29, 1.82) is 0 Å². The Kier molecular flexibility index (Phi) is 7.58. The minimum atomic E-state index is -2.64. The lowest BCUT2D eigenvalue weighted by Gasteiger charge is -2.29. The van der Waals surface area contributed by atoms with Crippen molar-refractivity contribution in [3.8, 4) is 17.0 Å². The van der Waals surface area contributed by atoms with Crippen LogP contribution in [0.3, 0.4) is 0 Å². The molecule has 0 aliphatic heterocycles. The summed E-state index contributed by atoms with van der Waals surface area (Å²) in [6, 6.07) is 4.47. The second-order valence-corrected chi connectivity index (χ2v) is 10.3. The molecule has 2 amide bonds. The summed E-state index contributed by atoms with van der Waals surface area (Å²) in [5.41, 5.74) is 2.70. The molecule has 3 aromatic rings. The lowest BCUT2D eigenvalue weighted by atomic mass is 9.91. The number of nitrogens with zero attached hydrogens (tertiary/aromatic N) is 2. The maximum Gasteiger partial charge on any atom is 0.263 e. The number of alkyl halides is 2. The van der Waals surface area contributed by atoms with Gasteiger partial charge in [0.15, 0.2) is 0 Å². The predicted molar refractivity (Wildman–Crippen MR) is 139 cm³/mol. The largest absolute Gasteiger partial charge is 0.493 e. The molecule has 2 aromatic heterocycles. The third-order valence-electron chi connectivity index (χ3n) is 7.43. The highest BCUT2D eigenvalue weighted by Gasteiger charge is 2.28. The Labute approximate surface area is 220 Å². The fourth-order valence-electron chi connectivity index (χ4n) is 5.06. The van der Waals surface area contributed by atoms with E-state index in [9.17, 15) is 18.4 Å². The summed E-state index contributed by atoms with van der Waals surface area (Å²) in [5, 5.41) is 6.15. The molecule has 2 saturated carbocycles. The van der Waals surface area contributed by atoms with Crippen molar-refractivity contribution in [3.05, 3.63) is 41.3 Å². The zero-order valence-corrected chi connectivity index (χ0v) is 21.7. The van der Waals surface area contributed by atoms with E-state index in [-0.39, 0.29) is 29.5 Å². The fraction of sp³-hybridized carbons (Fsp3) is 0.500. The van der Waals surface area contributed by atoms with Crippen LogP contribution in [0.15, 0.2) is 24.5 Å². The van der Waals surface area contributed by atoms with E-state index in [1.54, 1.807) is 13.0 Å². The number of hydrogen-bond acceptors (Lipinski definition) is 5. The van der Waals surface area contributed by atoms with Gasteiger partial charge in [0.25, 0.3) is 12.3 Å². The maximum absolute atomic E-state index is 13.6. The quantitative estimate of drug-likeness (QED) is 0.355. The highest BCUT2D eigenvalue weighted by atomic mass is 19.3. The maximum atomic E-state index is 13.6. The lowest BCUT2D eigenvalue weighted by Crippen LogP contribution is -2.43. The first-order valence-electron chi connectivity index (χ1n) is 13.3. The SMILES string of the molecule is CCC(=O)N[C@H]1CC[C@@H](NC(=O)c2c(C)[nH]c3c(-c4cc(C(F)F)ccc4OCC4CC4)ncnc23)CC1. The molecule has 2 aliphatic carbocycles. The predicted octanol–water partition coefficient (Wildman–Crippen LogP) is 5.23. The van der Waals surface area contributed by atoms with E-state index in [0.29, 0.717) is 58.2 Å². The molecule has 0 spiro atoms. The van der Waals surface area contributed by atoms with Gasteiger partial charge >= 0.3 is 0 Å². The van der Waals surface area contributed by atoms with Crippen LogP contribution in [-0.2, 0) is 4.79 Å². The highest BCUT2D eigenvalue weighted by molar-refractivity contribution is 6.09. The van der Waals surface area contributed by atoms with Crippen molar-refractivity contribution in [3.63, 3.8) is 0 Å². The molecule has 2 fully saturated rings. The number of carbonyl (C=O) groups is 2. The molecule has 2 heterocycles. The molecule has 38 heavy (non-hydrogen) atoms. The number of rotatable bonds is 9. The Morgan fingerprint density at radius 1 is 1.08 bits per heavy atom. The zero-order chi connectivity index (χ0) is 26.8. The van der Waals surface area contributed by atoms with Crippen LogP contribution in [0.2, 0.25) is 0 Å². The van der Waals surface area contributed by atoms with Crippen LogP contribution >= 0.6 is 0 Å². The number of nitrogens with one attached hydrogen (secondary N) is 3. The molecule has 8 nitrogen and oxygen atoms in total. The molecule has 0 radical (unpaired) electrons. The number of H-pyrrole nitrogens is 1. The Morgan fingerprint density at radius 2 is 1.79 bits per heavy atom. The number of hydrogen-bond donors (Lipinski definition) is 3. The number of aryl methyl sites for hydroxylation is 1. The molecule has 1 aromatic carbocycles. The van der Waals surface area contributed by atoms with Crippen LogP contribution in [0.4, 0.5) is 8.78 Å². The normalized spacial score (nSPS) is 19.5. The summed E-state index contributed by atoms with van der Waals surface area (Å²) in [5.74, 6) is 0.768. The van der Waals surface area contributed by atoms with Gasteiger partial charge in [-0.05, 0) is 69.6 Å². The van der Waals surface area contributed by atoms with E-state index in [2.05, 4.69) is 25.6 Å². The van der Waals surface area contributed by atoms with E-state index in [1.807, 2.05) is 6.92 Å². The van der Waals surface area contributed by atoms with E-state index in [1.165, 1.54) is 18.5 Å². The van der Waals surface area contributed by atoms with Crippen LogP contribution in [-0.4, -0.2) is 45.5 Å². The number of fused-ring (bicyclic) bond motifs is 1. The average Bonchev–Trinajstić information content (AvgIpc) is 3.67. The Morgan fingerprint density at radius 3 is 2.45 bits per heavy atom. The monoisotopic (exact) mass is 525 g/mol. The Balaban J connectivity index is 1.40. The summed E-state index contributed by atoms with van der Waals surface area (Å²) in [7, 11) is 0. The number of ether oxygens (including phenoxy) is 1. The minimum Gasteiger partial charge on any atom is -0.493 e. The van der Waals surface area contributed by atoms with E-state index >= 15 is 0 Å². The van der Waals surface area contributed by atoms with Crippen LogP contribution in [0.1, 0.15) is 79.9 Å². The topological polar surface area (TPSA) is 109 Å². The number of halogens is 2. The first-order chi connectivity index (χ1) is 18.3. The molecule has 5 rings (SSSR count). The van der Waals surface area contributed by atoms with Gasteiger partial charge in [0.05, 0.1) is 17.7 Å². The molecule has 10 heteroatoms. The van der Waals surface area contributed by atoms with Gasteiger partial charge in [0.1, 0.15) is 23.3 Å². The van der Waals surface area contributed by atoms with Crippen molar-refractivity contribution in [2.24, 2.45) is 5.92 Å². The van der Waals surface area contributed by atoms with Gasteiger partial charge in [-0.2, -0.15) is 0 Å². The molecule has 3 N–H and O–H groups in total. The first-order valence-corrected chi connectivity index (χ1v) is 13.3. The van der Waals surface area contributed by atoms with E-state index < -0.39 is 6.43 Å². The molecule has 0 saturated heterocycles. The molecule has 0 atom stereocenters. The molecule has 2 aliphatic rings. The third-order valence-corrected chi connectivity index (χ3v) is 7.43. The second kappa shape index (κ2) is 11.0.